The molecule has 1 fully saturated rings. The minimum absolute atomic E-state index is 0.333. The summed E-state index contributed by atoms with van der Waals surface area (Å²) in [6.07, 6.45) is 3.99. The first kappa shape index (κ1) is 15.4. The van der Waals surface area contributed by atoms with Crippen molar-refractivity contribution in [3.8, 4) is 0 Å². The molecule has 0 spiro atoms. The third kappa shape index (κ3) is 5.21. The quantitative estimate of drug-likeness (QED) is 0.677. The maximum absolute atomic E-state index is 9.96. The Balaban J connectivity index is 1.57. The Morgan fingerprint density at radius 3 is 2.50 bits per heavy atom. The SMILES string of the molecule is OC(CNCC(O)c1ccccc1)COC1CCCC1. The second kappa shape index (κ2) is 8.37. The summed E-state index contributed by atoms with van der Waals surface area (Å²) < 4.78 is 5.65. The van der Waals surface area contributed by atoms with Crippen LogP contribution in [0.4, 0.5) is 0 Å². The molecule has 1 aliphatic carbocycles. The molecule has 2 unspecified atom stereocenters. The lowest BCUT2D eigenvalue weighted by molar-refractivity contribution is -0.00622. The molecular formula is C16H25NO3. The maximum Gasteiger partial charge on any atom is 0.0914 e. The van der Waals surface area contributed by atoms with E-state index >= 15 is 0 Å². The summed E-state index contributed by atoms with van der Waals surface area (Å²) in [6.45, 7) is 1.25. The smallest absolute Gasteiger partial charge is 0.0914 e. The van der Waals surface area contributed by atoms with E-state index in [0.29, 0.717) is 25.8 Å². The Labute approximate surface area is 120 Å². The molecule has 112 valence electrons. The molecule has 0 aromatic heterocycles. The predicted octanol–water partition coefficient (Wildman–Crippen LogP) is 1.63. The summed E-state index contributed by atoms with van der Waals surface area (Å²) in [4.78, 5) is 0. The van der Waals surface area contributed by atoms with E-state index in [-0.39, 0.29) is 0 Å². The summed E-state index contributed by atoms with van der Waals surface area (Å²) in [7, 11) is 0. The summed E-state index contributed by atoms with van der Waals surface area (Å²) in [5, 5.41) is 22.9. The second-order valence-corrected chi connectivity index (χ2v) is 5.48. The molecule has 1 saturated carbocycles. The van der Waals surface area contributed by atoms with Crippen molar-refractivity contribution < 1.29 is 14.9 Å². The van der Waals surface area contributed by atoms with Gasteiger partial charge in [-0.05, 0) is 18.4 Å². The van der Waals surface area contributed by atoms with Gasteiger partial charge in [0.05, 0.1) is 24.9 Å². The number of aliphatic hydroxyl groups excluding tert-OH is 2. The van der Waals surface area contributed by atoms with E-state index in [2.05, 4.69) is 5.32 Å². The fourth-order valence-corrected chi connectivity index (χ4v) is 2.54. The summed E-state index contributed by atoms with van der Waals surface area (Å²) in [5.74, 6) is 0. The van der Waals surface area contributed by atoms with E-state index in [1.165, 1.54) is 12.8 Å². The zero-order chi connectivity index (χ0) is 14.2. The molecule has 0 aliphatic heterocycles. The number of hydrogen-bond donors (Lipinski definition) is 3. The number of aliphatic hydroxyl groups is 2. The topological polar surface area (TPSA) is 61.7 Å². The third-order valence-corrected chi connectivity index (χ3v) is 3.73. The van der Waals surface area contributed by atoms with Crippen molar-refractivity contribution in [2.24, 2.45) is 0 Å². The van der Waals surface area contributed by atoms with Crippen molar-refractivity contribution in [1.82, 2.24) is 5.32 Å². The molecule has 0 bridgehead atoms. The zero-order valence-electron chi connectivity index (χ0n) is 11.9. The van der Waals surface area contributed by atoms with Crippen molar-refractivity contribution >= 4 is 0 Å². The maximum atomic E-state index is 9.96. The number of hydrogen-bond acceptors (Lipinski definition) is 4. The van der Waals surface area contributed by atoms with Crippen LogP contribution in [0.25, 0.3) is 0 Å². The fourth-order valence-electron chi connectivity index (χ4n) is 2.54. The van der Waals surface area contributed by atoms with Crippen LogP contribution in [0.3, 0.4) is 0 Å². The van der Waals surface area contributed by atoms with E-state index in [4.69, 9.17) is 4.74 Å². The summed E-state index contributed by atoms with van der Waals surface area (Å²) in [6, 6.07) is 9.53. The first-order chi connectivity index (χ1) is 9.75. The highest BCUT2D eigenvalue weighted by Crippen LogP contribution is 2.20. The largest absolute Gasteiger partial charge is 0.389 e. The highest BCUT2D eigenvalue weighted by atomic mass is 16.5. The summed E-state index contributed by atoms with van der Waals surface area (Å²) >= 11 is 0. The molecule has 3 N–H and O–H groups in total. The van der Waals surface area contributed by atoms with E-state index in [0.717, 1.165) is 18.4 Å². The fraction of sp³-hybridized carbons (Fsp3) is 0.625. The molecule has 0 amide bonds. The van der Waals surface area contributed by atoms with Crippen LogP contribution in [-0.2, 0) is 4.74 Å². The van der Waals surface area contributed by atoms with Gasteiger partial charge in [0.25, 0.3) is 0 Å². The Hall–Kier alpha value is -0.940. The molecule has 0 heterocycles. The molecule has 1 aromatic carbocycles. The standard InChI is InChI=1S/C16H25NO3/c18-14(12-20-15-8-4-5-9-15)10-17-11-16(19)13-6-2-1-3-7-13/h1-3,6-7,14-19H,4-5,8-12H2. The Morgan fingerprint density at radius 2 is 1.80 bits per heavy atom. The highest BCUT2D eigenvalue weighted by molar-refractivity contribution is 5.17. The number of rotatable bonds is 8. The van der Waals surface area contributed by atoms with Gasteiger partial charge in [-0.15, -0.1) is 0 Å². The van der Waals surface area contributed by atoms with Crippen LogP contribution in [0.1, 0.15) is 37.4 Å². The van der Waals surface area contributed by atoms with Gasteiger partial charge in [-0.25, -0.2) is 0 Å². The lowest BCUT2D eigenvalue weighted by atomic mass is 10.1. The molecule has 2 rings (SSSR count). The molecule has 2 atom stereocenters. The van der Waals surface area contributed by atoms with Crippen molar-refractivity contribution in [3.63, 3.8) is 0 Å². The third-order valence-electron chi connectivity index (χ3n) is 3.73. The molecule has 1 aliphatic rings. The minimum atomic E-state index is -0.542. The Morgan fingerprint density at radius 1 is 1.10 bits per heavy atom. The van der Waals surface area contributed by atoms with Gasteiger partial charge in [-0.3, -0.25) is 0 Å². The van der Waals surface area contributed by atoms with E-state index < -0.39 is 12.2 Å². The molecular weight excluding hydrogens is 254 g/mol. The van der Waals surface area contributed by atoms with Gasteiger partial charge in [0.2, 0.25) is 0 Å². The van der Waals surface area contributed by atoms with Gasteiger partial charge in [-0.2, -0.15) is 0 Å². The normalized spacial score (nSPS) is 19.1. The van der Waals surface area contributed by atoms with Crippen LogP contribution in [0.5, 0.6) is 0 Å². The van der Waals surface area contributed by atoms with E-state index in [1.807, 2.05) is 30.3 Å². The van der Waals surface area contributed by atoms with Crippen LogP contribution in [-0.4, -0.2) is 42.1 Å². The molecule has 0 saturated heterocycles. The average molecular weight is 279 g/mol. The van der Waals surface area contributed by atoms with E-state index in [9.17, 15) is 10.2 Å². The lowest BCUT2D eigenvalue weighted by Gasteiger charge is -2.17. The van der Waals surface area contributed by atoms with Gasteiger partial charge in [0, 0.05) is 13.1 Å². The Bertz CT molecular complexity index is 365. The monoisotopic (exact) mass is 279 g/mol. The number of nitrogens with one attached hydrogen (secondary N) is 1. The average Bonchev–Trinajstić information content (AvgIpc) is 2.99. The van der Waals surface area contributed by atoms with Crippen LogP contribution in [0.15, 0.2) is 30.3 Å². The molecule has 1 aromatic rings. The highest BCUT2D eigenvalue weighted by Gasteiger charge is 2.17. The second-order valence-electron chi connectivity index (χ2n) is 5.48. The Kier molecular flexibility index (Phi) is 6.47. The van der Waals surface area contributed by atoms with Gasteiger partial charge >= 0.3 is 0 Å². The van der Waals surface area contributed by atoms with Crippen LogP contribution in [0.2, 0.25) is 0 Å². The van der Waals surface area contributed by atoms with Crippen molar-refractivity contribution in [3.05, 3.63) is 35.9 Å². The molecule has 20 heavy (non-hydrogen) atoms. The first-order valence-electron chi connectivity index (χ1n) is 7.49. The number of benzene rings is 1. The van der Waals surface area contributed by atoms with Gasteiger partial charge in [0.1, 0.15) is 0 Å². The van der Waals surface area contributed by atoms with Crippen molar-refractivity contribution in [2.75, 3.05) is 19.7 Å². The first-order valence-corrected chi connectivity index (χ1v) is 7.49. The van der Waals surface area contributed by atoms with Gasteiger partial charge in [0.15, 0.2) is 0 Å². The lowest BCUT2D eigenvalue weighted by Crippen LogP contribution is -2.33. The van der Waals surface area contributed by atoms with Crippen molar-refractivity contribution in [2.45, 2.75) is 44.0 Å². The predicted molar refractivity (Wildman–Crippen MR) is 78.5 cm³/mol. The molecule has 0 radical (unpaired) electrons. The van der Waals surface area contributed by atoms with Crippen molar-refractivity contribution in [1.29, 1.82) is 0 Å². The molecule has 4 nitrogen and oxygen atoms in total. The minimum Gasteiger partial charge on any atom is -0.389 e. The zero-order valence-corrected chi connectivity index (χ0v) is 11.9. The number of ether oxygens (including phenoxy) is 1. The summed E-state index contributed by atoms with van der Waals surface area (Å²) in [5.41, 5.74) is 0.886. The van der Waals surface area contributed by atoms with Gasteiger partial charge in [-0.1, -0.05) is 43.2 Å². The van der Waals surface area contributed by atoms with E-state index in [1.54, 1.807) is 0 Å². The van der Waals surface area contributed by atoms with Gasteiger partial charge < -0.3 is 20.3 Å². The molecule has 4 heteroatoms. The van der Waals surface area contributed by atoms with Crippen LogP contribution in [0, 0.1) is 0 Å². The van der Waals surface area contributed by atoms with Crippen LogP contribution >= 0.6 is 0 Å². The van der Waals surface area contributed by atoms with Crippen LogP contribution < -0.4 is 5.32 Å².